The van der Waals surface area contributed by atoms with E-state index in [4.69, 9.17) is 4.74 Å². The number of fused-ring (bicyclic) bond motifs is 1. The summed E-state index contributed by atoms with van der Waals surface area (Å²) in [6.45, 7) is 1.32. The van der Waals surface area contributed by atoms with Crippen molar-refractivity contribution in [1.82, 2.24) is 10.3 Å². The quantitative estimate of drug-likeness (QED) is 0.475. The summed E-state index contributed by atoms with van der Waals surface area (Å²) in [5.41, 5.74) is 2.20. The third kappa shape index (κ3) is 4.33. The number of nitrogens with zero attached hydrogens (tertiary/aromatic N) is 1. The van der Waals surface area contributed by atoms with Crippen LogP contribution in [0.2, 0.25) is 0 Å². The van der Waals surface area contributed by atoms with E-state index < -0.39 is 0 Å². The molecule has 1 aromatic heterocycles. The highest BCUT2D eigenvalue weighted by molar-refractivity contribution is 5.83. The number of rotatable bonds is 7. The second kappa shape index (κ2) is 8.47. The summed E-state index contributed by atoms with van der Waals surface area (Å²) in [6.07, 6.45) is 1.83. The van der Waals surface area contributed by atoms with Crippen molar-refractivity contribution in [2.24, 2.45) is 0 Å². The van der Waals surface area contributed by atoms with Crippen molar-refractivity contribution in [2.75, 3.05) is 13.2 Å². The van der Waals surface area contributed by atoms with Gasteiger partial charge in [-0.2, -0.15) is 0 Å². The number of nitrogens with one attached hydrogen (secondary N) is 1. The zero-order valence-electron chi connectivity index (χ0n) is 15.1. The average molecular weight is 354 g/mol. The summed E-state index contributed by atoms with van der Waals surface area (Å²) in [6, 6.07) is 31.0. The lowest BCUT2D eigenvalue weighted by Gasteiger charge is -2.19. The lowest BCUT2D eigenvalue weighted by Crippen LogP contribution is -2.27. The summed E-state index contributed by atoms with van der Waals surface area (Å²) in [4.78, 5) is 4.52. The number of ether oxygens (including phenoxy) is 1. The molecule has 1 N–H and O–H groups in total. The van der Waals surface area contributed by atoms with Gasteiger partial charge in [0.2, 0.25) is 0 Å². The fourth-order valence-electron chi connectivity index (χ4n) is 3.21. The van der Waals surface area contributed by atoms with Gasteiger partial charge in [-0.05, 0) is 40.6 Å². The van der Waals surface area contributed by atoms with Gasteiger partial charge >= 0.3 is 0 Å². The van der Waals surface area contributed by atoms with Crippen molar-refractivity contribution < 1.29 is 4.74 Å². The molecule has 0 saturated heterocycles. The molecule has 0 radical (unpaired) electrons. The zero-order chi connectivity index (χ0) is 18.3. The number of benzene rings is 3. The van der Waals surface area contributed by atoms with Crippen LogP contribution >= 0.6 is 0 Å². The summed E-state index contributed by atoms with van der Waals surface area (Å²) in [7, 11) is 0. The Morgan fingerprint density at radius 2 is 1.56 bits per heavy atom. The number of hydrogen-bond donors (Lipinski definition) is 1. The minimum absolute atomic E-state index is 0.0487. The molecule has 1 heterocycles. The largest absolute Gasteiger partial charge is 0.492 e. The van der Waals surface area contributed by atoms with Crippen LogP contribution in [0.1, 0.15) is 17.3 Å². The minimum Gasteiger partial charge on any atom is -0.492 e. The van der Waals surface area contributed by atoms with Crippen LogP contribution < -0.4 is 10.1 Å². The van der Waals surface area contributed by atoms with Gasteiger partial charge in [0, 0.05) is 12.7 Å². The highest BCUT2D eigenvalue weighted by Crippen LogP contribution is 2.21. The van der Waals surface area contributed by atoms with Crippen molar-refractivity contribution in [3.63, 3.8) is 0 Å². The maximum Gasteiger partial charge on any atom is 0.120 e. The highest BCUT2D eigenvalue weighted by atomic mass is 16.5. The summed E-state index contributed by atoms with van der Waals surface area (Å²) in [5.74, 6) is 0.893. The number of hydrogen-bond acceptors (Lipinski definition) is 3. The van der Waals surface area contributed by atoms with E-state index in [2.05, 4.69) is 64.9 Å². The standard InChI is InChI=1S/C24H22N2O/c1-2-9-20(10-3-1)24(23-12-6-7-15-25-23)26-16-17-27-22-14-13-19-8-4-5-11-21(19)18-22/h1-15,18,24,26H,16-17H2. The SMILES string of the molecule is c1ccc(C(NCCOc2ccc3ccccc3c2)c2ccccn2)cc1. The number of pyridine rings is 1. The van der Waals surface area contributed by atoms with Crippen molar-refractivity contribution in [2.45, 2.75) is 6.04 Å². The van der Waals surface area contributed by atoms with E-state index in [1.54, 1.807) is 0 Å². The molecule has 3 aromatic carbocycles. The van der Waals surface area contributed by atoms with Crippen LogP contribution in [0.25, 0.3) is 10.8 Å². The Hall–Kier alpha value is -3.17. The van der Waals surface area contributed by atoms with Gasteiger partial charge in [0.05, 0.1) is 11.7 Å². The van der Waals surface area contributed by atoms with Gasteiger partial charge in [-0.15, -0.1) is 0 Å². The Morgan fingerprint density at radius 3 is 2.37 bits per heavy atom. The molecule has 3 nitrogen and oxygen atoms in total. The molecule has 1 atom stereocenters. The molecule has 0 bridgehead atoms. The number of aromatic nitrogens is 1. The van der Waals surface area contributed by atoms with Crippen LogP contribution in [0.3, 0.4) is 0 Å². The van der Waals surface area contributed by atoms with Crippen LogP contribution in [0.4, 0.5) is 0 Å². The molecule has 0 fully saturated rings. The van der Waals surface area contributed by atoms with Gasteiger partial charge in [-0.3, -0.25) is 4.98 Å². The van der Waals surface area contributed by atoms with Crippen LogP contribution in [0.15, 0.2) is 97.2 Å². The fourth-order valence-corrected chi connectivity index (χ4v) is 3.21. The first-order valence-corrected chi connectivity index (χ1v) is 9.21. The molecule has 0 aliphatic carbocycles. The monoisotopic (exact) mass is 354 g/mol. The van der Waals surface area contributed by atoms with E-state index in [0.29, 0.717) is 6.61 Å². The molecule has 3 heteroatoms. The molecule has 4 rings (SSSR count). The first kappa shape index (κ1) is 17.3. The van der Waals surface area contributed by atoms with E-state index in [0.717, 1.165) is 18.0 Å². The van der Waals surface area contributed by atoms with E-state index in [9.17, 15) is 0 Å². The van der Waals surface area contributed by atoms with Crippen molar-refractivity contribution >= 4 is 10.8 Å². The van der Waals surface area contributed by atoms with Crippen molar-refractivity contribution in [1.29, 1.82) is 0 Å². The normalized spacial score (nSPS) is 12.0. The summed E-state index contributed by atoms with van der Waals surface area (Å²) >= 11 is 0. The first-order chi connectivity index (χ1) is 13.4. The van der Waals surface area contributed by atoms with Gasteiger partial charge in [0.25, 0.3) is 0 Å². The third-order valence-electron chi connectivity index (χ3n) is 4.56. The van der Waals surface area contributed by atoms with Crippen LogP contribution in [0, 0.1) is 0 Å². The van der Waals surface area contributed by atoms with E-state index in [-0.39, 0.29) is 6.04 Å². The Balaban J connectivity index is 1.40. The minimum atomic E-state index is 0.0487. The smallest absolute Gasteiger partial charge is 0.120 e. The van der Waals surface area contributed by atoms with E-state index >= 15 is 0 Å². The Labute approximate surface area is 159 Å². The summed E-state index contributed by atoms with van der Waals surface area (Å²) < 4.78 is 5.95. The van der Waals surface area contributed by atoms with E-state index in [1.807, 2.05) is 42.6 Å². The lowest BCUT2D eigenvalue weighted by molar-refractivity contribution is 0.309. The van der Waals surface area contributed by atoms with Crippen molar-refractivity contribution in [3.8, 4) is 5.75 Å². The zero-order valence-corrected chi connectivity index (χ0v) is 15.1. The van der Waals surface area contributed by atoms with Gasteiger partial charge < -0.3 is 10.1 Å². The van der Waals surface area contributed by atoms with Crippen LogP contribution in [-0.2, 0) is 0 Å². The van der Waals surface area contributed by atoms with Gasteiger partial charge in [0.15, 0.2) is 0 Å². The molecule has 4 aromatic rings. The topological polar surface area (TPSA) is 34.1 Å². The van der Waals surface area contributed by atoms with Gasteiger partial charge in [-0.25, -0.2) is 0 Å². The molecule has 1 unspecified atom stereocenters. The average Bonchev–Trinajstić information content (AvgIpc) is 2.75. The molecular formula is C24H22N2O. The predicted molar refractivity (Wildman–Crippen MR) is 110 cm³/mol. The molecule has 0 aliphatic heterocycles. The molecule has 0 aliphatic rings. The second-order valence-electron chi connectivity index (χ2n) is 6.41. The Morgan fingerprint density at radius 1 is 0.778 bits per heavy atom. The molecule has 0 saturated carbocycles. The maximum atomic E-state index is 5.95. The highest BCUT2D eigenvalue weighted by Gasteiger charge is 2.14. The Bertz CT molecular complexity index is 947. The van der Waals surface area contributed by atoms with Gasteiger partial charge in [0.1, 0.15) is 12.4 Å². The first-order valence-electron chi connectivity index (χ1n) is 9.21. The second-order valence-corrected chi connectivity index (χ2v) is 6.41. The van der Waals surface area contributed by atoms with Gasteiger partial charge in [-0.1, -0.05) is 66.7 Å². The Kier molecular flexibility index (Phi) is 5.42. The summed E-state index contributed by atoms with van der Waals surface area (Å²) in [5, 5.41) is 5.99. The maximum absolute atomic E-state index is 5.95. The third-order valence-corrected chi connectivity index (χ3v) is 4.56. The molecule has 0 amide bonds. The molecule has 134 valence electrons. The molecule has 27 heavy (non-hydrogen) atoms. The van der Waals surface area contributed by atoms with Crippen LogP contribution in [-0.4, -0.2) is 18.1 Å². The van der Waals surface area contributed by atoms with Crippen LogP contribution in [0.5, 0.6) is 5.75 Å². The molecular weight excluding hydrogens is 332 g/mol. The van der Waals surface area contributed by atoms with E-state index in [1.165, 1.54) is 16.3 Å². The predicted octanol–water partition coefficient (Wildman–Crippen LogP) is 4.99. The van der Waals surface area contributed by atoms with Crippen molar-refractivity contribution in [3.05, 3.63) is 108 Å². The lowest BCUT2D eigenvalue weighted by atomic mass is 10.0. The molecule has 0 spiro atoms. The fraction of sp³-hybridized carbons (Fsp3) is 0.125.